The number of rotatable bonds is 9. The van der Waals surface area contributed by atoms with E-state index < -0.39 is 6.10 Å². The lowest BCUT2D eigenvalue weighted by molar-refractivity contribution is 0.126. The molecular weight excluding hydrogens is 377 g/mol. The van der Waals surface area contributed by atoms with Gasteiger partial charge in [0, 0.05) is 17.9 Å². The molecule has 1 N–H and O–H groups in total. The molecule has 0 fully saturated rings. The van der Waals surface area contributed by atoms with Crippen molar-refractivity contribution in [3.8, 4) is 17.1 Å². The van der Waals surface area contributed by atoms with Crippen molar-refractivity contribution < 1.29 is 14.2 Å². The largest absolute Gasteiger partial charge is 0.491 e. The lowest BCUT2D eigenvalue weighted by Gasteiger charge is -2.13. The van der Waals surface area contributed by atoms with Gasteiger partial charge in [0.1, 0.15) is 18.2 Å². The first-order chi connectivity index (χ1) is 13.6. The van der Waals surface area contributed by atoms with Crippen molar-refractivity contribution in [1.82, 2.24) is 14.8 Å². The first-order valence-electron chi connectivity index (χ1n) is 8.87. The Morgan fingerprint density at radius 1 is 1.25 bits per heavy atom. The molecule has 0 saturated heterocycles. The van der Waals surface area contributed by atoms with Crippen LogP contribution in [0.25, 0.3) is 11.4 Å². The van der Waals surface area contributed by atoms with E-state index in [-0.39, 0.29) is 12.4 Å². The molecule has 2 aromatic carbocycles. The Balaban J connectivity index is 1.63. The molecule has 1 heterocycles. The van der Waals surface area contributed by atoms with Gasteiger partial charge in [-0.1, -0.05) is 30.0 Å². The van der Waals surface area contributed by atoms with Crippen LogP contribution in [0.1, 0.15) is 5.56 Å². The zero-order valence-corrected chi connectivity index (χ0v) is 16.4. The maximum absolute atomic E-state index is 13.2. The maximum Gasteiger partial charge on any atom is 0.191 e. The fourth-order valence-corrected chi connectivity index (χ4v) is 3.47. The highest BCUT2D eigenvalue weighted by atomic mass is 32.2. The first kappa shape index (κ1) is 20.1. The van der Waals surface area contributed by atoms with E-state index in [2.05, 4.69) is 16.8 Å². The van der Waals surface area contributed by atoms with Crippen molar-refractivity contribution in [2.45, 2.75) is 24.7 Å². The lowest BCUT2D eigenvalue weighted by Crippen LogP contribution is -2.20. The topological polar surface area (TPSA) is 60.2 Å². The second-order valence-corrected chi connectivity index (χ2v) is 7.29. The highest BCUT2D eigenvalue weighted by Gasteiger charge is 2.15. The van der Waals surface area contributed by atoms with Gasteiger partial charge in [-0.05, 0) is 48.9 Å². The van der Waals surface area contributed by atoms with Gasteiger partial charge in [0.05, 0.1) is 6.10 Å². The van der Waals surface area contributed by atoms with Crippen LogP contribution >= 0.6 is 11.8 Å². The van der Waals surface area contributed by atoms with E-state index in [0.717, 1.165) is 16.9 Å². The zero-order chi connectivity index (χ0) is 19.9. The molecule has 3 rings (SSSR count). The summed E-state index contributed by atoms with van der Waals surface area (Å²) in [5.41, 5.74) is 1.87. The molecule has 0 amide bonds. The molecule has 0 bridgehead atoms. The third kappa shape index (κ3) is 5.21. The van der Waals surface area contributed by atoms with Gasteiger partial charge < -0.3 is 9.84 Å². The van der Waals surface area contributed by atoms with Crippen LogP contribution in [-0.4, -0.2) is 38.3 Å². The Kier molecular flexibility index (Phi) is 6.84. The highest BCUT2D eigenvalue weighted by Crippen LogP contribution is 2.25. The molecule has 0 radical (unpaired) electrons. The number of halogens is 1. The van der Waals surface area contributed by atoms with Crippen molar-refractivity contribution in [1.29, 1.82) is 0 Å². The Morgan fingerprint density at radius 2 is 2.04 bits per heavy atom. The van der Waals surface area contributed by atoms with E-state index in [1.807, 2.05) is 35.8 Å². The number of thioether (sulfide) groups is 1. The average molecular weight is 399 g/mol. The number of benzene rings is 2. The number of allylic oxidation sites excluding steroid dienone is 1. The van der Waals surface area contributed by atoms with E-state index in [1.54, 1.807) is 18.2 Å². The number of aliphatic hydroxyl groups excluding tert-OH is 1. The normalized spacial score (nSPS) is 12.0. The predicted molar refractivity (Wildman–Crippen MR) is 109 cm³/mol. The zero-order valence-electron chi connectivity index (χ0n) is 15.6. The maximum atomic E-state index is 13.2. The summed E-state index contributed by atoms with van der Waals surface area (Å²) in [5, 5.41) is 19.4. The number of aryl methyl sites for hydroxylation is 1. The molecule has 0 aliphatic heterocycles. The van der Waals surface area contributed by atoms with Crippen LogP contribution in [0.5, 0.6) is 5.75 Å². The molecule has 0 spiro atoms. The van der Waals surface area contributed by atoms with Gasteiger partial charge in [-0.2, -0.15) is 0 Å². The van der Waals surface area contributed by atoms with E-state index in [9.17, 15) is 9.50 Å². The van der Waals surface area contributed by atoms with Crippen LogP contribution in [0.3, 0.4) is 0 Å². The molecule has 3 aromatic rings. The number of hydrogen-bond acceptors (Lipinski definition) is 5. The molecule has 0 aliphatic rings. The predicted octanol–water partition coefficient (Wildman–Crippen LogP) is 4.11. The van der Waals surface area contributed by atoms with Crippen molar-refractivity contribution >= 4 is 11.8 Å². The number of aromatic nitrogens is 3. The fraction of sp³-hybridized carbons (Fsp3) is 0.238. The van der Waals surface area contributed by atoms with Gasteiger partial charge in [-0.15, -0.1) is 16.8 Å². The molecule has 7 heteroatoms. The second-order valence-electron chi connectivity index (χ2n) is 6.30. The second kappa shape index (κ2) is 9.52. The SMILES string of the molecule is C=CCn1c(SC[C@@H](O)COc2cccc(C)c2)nnc1-c1ccc(F)cc1. The van der Waals surface area contributed by atoms with Crippen molar-refractivity contribution in [3.63, 3.8) is 0 Å². The van der Waals surface area contributed by atoms with Crippen LogP contribution in [0.2, 0.25) is 0 Å². The van der Waals surface area contributed by atoms with Crippen LogP contribution in [0.15, 0.2) is 66.3 Å². The van der Waals surface area contributed by atoms with Gasteiger partial charge in [-0.25, -0.2) is 4.39 Å². The minimum Gasteiger partial charge on any atom is -0.491 e. The summed E-state index contributed by atoms with van der Waals surface area (Å²) < 4.78 is 20.7. The van der Waals surface area contributed by atoms with E-state index in [0.29, 0.717) is 23.3 Å². The number of aliphatic hydroxyl groups is 1. The van der Waals surface area contributed by atoms with Crippen LogP contribution in [-0.2, 0) is 6.54 Å². The average Bonchev–Trinajstić information content (AvgIpc) is 3.08. The van der Waals surface area contributed by atoms with Crippen molar-refractivity contribution in [3.05, 3.63) is 72.6 Å². The summed E-state index contributed by atoms with van der Waals surface area (Å²) in [6.45, 7) is 6.47. The van der Waals surface area contributed by atoms with Gasteiger partial charge in [0.25, 0.3) is 0 Å². The minimum atomic E-state index is -0.659. The smallest absolute Gasteiger partial charge is 0.191 e. The van der Waals surface area contributed by atoms with E-state index in [1.165, 1.54) is 23.9 Å². The Labute approximate surface area is 167 Å². The molecule has 28 heavy (non-hydrogen) atoms. The number of nitrogens with zero attached hydrogens (tertiary/aromatic N) is 3. The summed E-state index contributed by atoms with van der Waals surface area (Å²) >= 11 is 1.39. The van der Waals surface area contributed by atoms with Crippen molar-refractivity contribution in [2.24, 2.45) is 0 Å². The number of ether oxygens (including phenoxy) is 1. The van der Waals surface area contributed by atoms with Crippen molar-refractivity contribution in [2.75, 3.05) is 12.4 Å². The summed E-state index contributed by atoms with van der Waals surface area (Å²) in [4.78, 5) is 0. The van der Waals surface area contributed by atoms with Gasteiger partial charge >= 0.3 is 0 Å². The molecular formula is C21H22FN3O2S. The van der Waals surface area contributed by atoms with Crippen LogP contribution in [0.4, 0.5) is 4.39 Å². The molecule has 1 aromatic heterocycles. The van der Waals surface area contributed by atoms with Gasteiger partial charge in [0.2, 0.25) is 0 Å². The summed E-state index contributed by atoms with van der Waals surface area (Å²) in [5.74, 6) is 1.47. The molecule has 5 nitrogen and oxygen atoms in total. The molecule has 146 valence electrons. The highest BCUT2D eigenvalue weighted by molar-refractivity contribution is 7.99. The third-order valence-corrected chi connectivity index (χ3v) is 5.08. The molecule has 0 unspecified atom stereocenters. The Bertz CT molecular complexity index is 928. The monoisotopic (exact) mass is 399 g/mol. The van der Waals surface area contributed by atoms with Crippen LogP contribution < -0.4 is 4.74 Å². The fourth-order valence-electron chi connectivity index (χ4n) is 2.62. The lowest BCUT2D eigenvalue weighted by atomic mass is 10.2. The standard InChI is InChI=1S/C21H22FN3O2S/c1-3-11-25-20(16-7-9-17(22)10-8-16)23-24-21(25)28-14-18(26)13-27-19-6-4-5-15(2)12-19/h3-10,12,18,26H,1,11,13-14H2,2H3/t18-/m0/s1. The Hall–Kier alpha value is -2.64. The third-order valence-electron chi connectivity index (χ3n) is 3.97. The van der Waals surface area contributed by atoms with E-state index >= 15 is 0 Å². The number of hydrogen-bond donors (Lipinski definition) is 1. The van der Waals surface area contributed by atoms with E-state index in [4.69, 9.17) is 4.74 Å². The molecule has 1 atom stereocenters. The van der Waals surface area contributed by atoms with Crippen LogP contribution in [0, 0.1) is 12.7 Å². The summed E-state index contributed by atoms with van der Waals surface area (Å²) in [6.07, 6.45) is 1.09. The van der Waals surface area contributed by atoms with Gasteiger partial charge in [-0.3, -0.25) is 4.57 Å². The Morgan fingerprint density at radius 3 is 2.75 bits per heavy atom. The molecule has 0 aliphatic carbocycles. The minimum absolute atomic E-state index is 0.191. The molecule has 0 saturated carbocycles. The van der Waals surface area contributed by atoms with Gasteiger partial charge in [0.15, 0.2) is 11.0 Å². The quantitative estimate of drug-likeness (QED) is 0.433. The first-order valence-corrected chi connectivity index (χ1v) is 9.85. The summed E-state index contributed by atoms with van der Waals surface area (Å²) in [6, 6.07) is 13.8. The summed E-state index contributed by atoms with van der Waals surface area (Å²) in [7, 11) is 0.